The molecule has 0 unspecified atom stereocenters. The molecule has 0 N–H and O–H groups in total. The van der Waals surface area contributed by atoms with Crippen molar-refractivity contribution in [1.29, 1.82) is 0 Å². The maximum Gasteiger partial charge on any atom is 0.135 e. The van der Waals surface area contributed by atoms with Gasteiger partial charge in [-0.05, 0) is 62.0 Å². The Hall–Kier alpha value is -4.36. The Morgan fingerprint density at radius 3 is 1.88 bits per heavy atom. The molecule has 1 aromatic heterocycles. The zero-order chi connectivity index (χ0) is 22.4. The summed E-state index contributed by atoms with van der Waals surface area (Å²) >= 11 is 0. The van der Waals surface area contributed by atoms with Crippen LogP contribution in [0.1, 0.15) is 5.56 Å². The fourth-order valence-electron chi connectivity index (χ4n) is 4.93. The molecule has 0 bridgehead atoms. The molecule has 0 aliphatic rings. The van der Waals surface area contributed by atoms with Crippen LogP contribution in [0.15, 0.2) is 127 Å². The molecule has 1 nitrogen and oxygen atoms in total. The maximum atomic E-state index is 6.08. The first-order valence-corrected chi connectivity index (χ1v) is 11.1. The number of rotatable bonds is 4. The smallest absolute Gasteiger partial charge is 0.135 e. The van der Waals surface area contributed by atoms with Crippen molar-refractivity contribution >= 4 is 49.1 Å². The van der Waals surface area contributed by atoms with Crippen molar-refractivity contribution in [2.24, 2.45) is 0 Å². The van der Waals surface area contributed by atoms with Gasteiger partial charge >= 0.3 is 0 Å². The first kappa shape index (κ1) is 19.3. The minimum absolute atomic E-state index is 0.910. The van der Waals surface area contributed by atoms with Crippen LogP contribution in [0.5, 0.6) is 0 Å². The third-order valence-electron chi connectivity index (χ3n) is 6.35. The van der Waals surface area contributed by atoms with Crippen LogP contribution in [0.2, 0.25) is 0 Å². The van der Waals surface area contributed by atoms with E-state index in [4.69, 9.17) is 4.42 Å². The molecule has 0 amide bonds. The van der Waals surface area contributed by atoms with Gasteiger partial charge in [0.15, 0.2) is 0 Å². The lowest BCUT2D eigenvalue weighted by Gasteiger charge is -2.17. The third kappa shape index (κ3) is 3.01. The molecule has 0 fully saturated rings. The van der Waals surface area contributed by atoms with Gasteiger partial charge in [0.1, 0.15) is 11.2 Å². The predicted molar refractivity (Wildman–Crippen MR) is 143 cm³/mol. The molecule has 5 aromatic carbocycles. The number of benzene rings is 5. The van der Waals surface area contributed by atoms with E-state index in [1.165, 1.54) is 32.7 Å². The van der Waals surface area contributed by atoms with Crippen molar-refractivity contribution in [1.82, 2.24) is 0 Å². The average Bonchev–Trinajstić information content (AvgIpc) is 3.23. The van der Waals surface area contributed by atoms with Gasteiger partial charge < -0.3 is 4.42 Å². The largest absolute Gasteiger partial charge is 0.456 e. The molecule has 156 valence electrons. The summed E-state index contributed by atoms with van der Waals surface area (Å²) in [5.74, 6) is 0. The van der Waals surface area contributed by atoms with Crippen LogP contribution in [-0.2, 0) is 0 Å². The standard InChI is InChI=1S/C32H22O/c1-3-4-11-21(2)31-24-13-5-7-15-26(24)32(27-16-8-6-14-25(27)31)22-18-19-30-28(20-22)23-12-9-10-17-29(23)33-30/h3-20H,1-2H2/b11-4-. The van der Waals surface area contributed by atoms with Crippen molar-refractivity contribution < 1.29 is 4.42 Å². The Labute approximate surface area is 192 Å². The second-order valence-electron chi connectivity index (χ2n) is 8.27. The van der Waals surface area contributed by atoms with Crippen LogP contribution in [-0.4, -0.2) is 0 Å². The molecule has 1 heteroatoms. The first-order chi connectivity index (χ1) is 16.3. The molecule has 0 saturated carbocycles. The molecular weight excluding hydrogens is 400 g/mol. The third-order valence-corrected chi connectivity index (χ3v) is 6.35. The molecule has 0 atom stereocenters. The minimum Gasteiger partial charge on any atom is -0.456 e. The van der Waals surface area contributed by atoms with Crippen molar-refractivity contribution in [2.45, 2.75) is 0 Å². The van der Waals surface area contributed by atoms with Gasteiger partial charge in [0.05, 0.1) is 0 Å². The highest BCUT2D eigenvalue weighted by Crippen LogP contribution is 2.43. The van der Waals surface area contributed by atoms with E-state index >= 15 is 0 Å². The molecule has 0 aliphatic carbocycles. The summed E-state index contributed by atoms with van der Waals surface area (Å²) in [5.41, 5.74) is 6.38. The van der Waals surface area contributed by atoms with Gasteiger partial charge in [-0.3, -0.25) is 0 Å². The zero-order valence-electron chi connectivity index (χ0n) is 18.2. The Kier molecular flexibility index (Phi) is 4.48. The van der Waals surface area contributed by atoms with Gasteiger partial charge in [0, 0.05) is 10.8 Å². The lowest BCUT2D eigenvalue weighted by atomic mass is 9.86. The lowest BCUT2D eigenvalue weighted by molar-refractivity contribution is 0.669. The van der Waals surface area contributed by atoms with Crippen LogP contribution >= 0.6 is 0 Å². The van der Waals surface area contributed by atoms with E-state index in [9.17, 15) is 0 Å². The fraction of sp³-hybridized carbons (Fsp3) is 0. The lowest BCUT2D eigenvalue weighted by Crippen LogP contribution is -1.92. The number of para-hydroxylation sites is 1. The van der Waals surface area contributed by atoms with E-state index in [-0.39, 0.29) is 0 Å². The minimum atomic E-state index is 0.910. The van der Waals surface area contributed by atoms with Crippen molar-refractivity contribution in [3.63, 3.8) is 0 Å². The molecular formula is C32H22O. The Morgan fingerprint density at radius 1 is 0.636 bits per heavy atom. The van der Waals surface area contributed by atoms with Gasteiger partial charge in [-0.2, -0.15) is 0 Å². The van der Waals surface area contributed by atoms with Gasteiger partial charge in [0.25, 0.3) is 0 Å². The molecule has 0 radical (unpaired) electrons. The van der Waals surface area contributed by atoms with Crippen molar-refractivity contribution in [3.05, 3.63) is 128 Å². The number of furan rings is 1. The highest BCUT2D eigenvalue weighted by molar-refractivity contribution is 6.20. The maximum absolute atomic E-state index is 6.08. The normalized spacial score (nSPS) is 11.8. The molecule has 0 aliphatic heterocycles. The zero-order valence-corrected chi connectivity index (χ0v) is 18.2. The van der Waals surface area contributed by atoms with Crippen LogP contribution < -0.4 is 0 Å². The van der Waals surface area contributed by atoms with E-state index in [1.54, 1.807) is 6.08 Å². The van der Waals surface area contributed by atoms with Gasteiger partial charge in [0.2, 0.25) is 0 Å². The summed E-state index contributed by atoms with van der Waals surface area (Å²) in [7, 11) is 0. The Bertz CT molecular complexity index is 1690. The monoisotopic (exact) mass is 422 g/mol. The second-order valence-corrected chi connectivity index (χ2v) is 8.27. The summed E-state index contributed by atoms with van der Waals surface area (Å²) in [6.07, 6.45) is 5.76. The number of fused-ring (bicyclic) bond motifs is 5. The van der Waals surface area contributed by atoms with E-state index < -0.39 is 0 Å². The average molecular weight is 423 g/mol. The molecule has 6 rings (SSSR count). The summed E-state index contributed by atoms with van der Waals surface area (Å²) in [6.45, 7) is 8.20. The number of hydrogen-bond acceptors (Lipinski definition) is 1. The molecule has 0 saturated heterocycles. The highest BCUT2D eigenvalue weighted by atomic mass is 16.3. The van der Waals surface area contributed by atoms with Gasteiger partial charge in [-0.15, -0.1) is 0 Å². The predicted octanol–water partition coefficient (Wildman–Crippen LogP) is 9.31. The van der Waals surface area contributed by atoms with Crippen LogP contribution in [0, 0.1) is 0 Å². The molecule has 0 spiro atoms. The number of hydrogen-bond donors (Lipinski definition) is 0. The molecule has 33 heavy (non-hydrogen) atoms. The Morgan fingerprint density at radius 2 is 1.21 bits per heavy atom. The summed E-state index contributed by atoms with van der Waals surface area (Å²) in [6, 6.07) is 32.0. The van der Waals surface area contributed by atoms with E-state index in [1.807, 2.05) is 24.3 Å². The quantitative estimate of drug-likeness (QED) is 0.204. The van der Waals surface area contributed by atoms with Crippen LogP contribution in [0.25, 0.3) is 60.2 Å². The van der Waals surface area contributed by atoms with E-state index in [0.29, 0.717) is 0 Å². The Balaban J connectivity index is 1.73. The van der Waals surface area contributed by atoms with Crippen molar-refractivity contribution in [2.75, 3.05) is 0 Å². The van der Waals surface area contributed by atoms with Gasteiger partial charge in [-0.25, -0.2) is 0 Å². The fourth-order valence-corrected chi connectivity index (χ4v) is 4.93. The number of allylic oxidation sites excluding steroid dienone is 4. The SMILES string of the molecule is C=C/C=C\C(=C)c1c2ccccc2c(-c2ccc3oc4ccccc4c3c2)c2ccccc12. The molecule has 6 aromatic rings. The molecule has 1 heterocycles. The van der Waals surface area contributed by atoms with Crippen molar-refractivity contribution in [3.8, 4) is 11.1 Å². The summed E-state index contributed by atoms with van der Waals surface area (Å²) in [4.78, 5) is 0. The topological polar surface area (TPSA) is 13.1 Å². The highest BCUT2D eigenvalue weighted by Gasteiger charge is 2.17. The van der Waals surface area contributed by atoms with E-state index in [2.05, 4.69) is 92.0 Å². The summed E-state index contributed by atoms with van der Waals surface area (Å²) < 4.78 is 6.08. The van der Waals surface area contributed by atoms with Gasteiger partial charge in [-0.1, -0.05) is 104 Å². The summed E-state index contributed by atoms with van der Waals surface area (Å²) in [5, 5.41) is 7.10. The first-order valence-electron chi connectivity index (χ1n) is 11.1. The van der Waals surface area contributed by atoms with E-state index in [0.717, 1.165) is 33.1 Å². The van der Waals surface area contributed by atoms with Crippen LogP contribution in [0.3, 0.4) is 0 Å². The second kappa shape index (κ2) is 7.65. The van der Waals surface area contributed by atoms with Crippen LogP contribution in [0.4, 0.5) is 0 Å².